The first-order valence-electron chi connectivity index (χ1n) is 14.2. The molecule has 0 saturated carbocycles. The molecule has 0 aliphatic carbocycles. The number of fused-ring (bicyclic) bond motifs is 3. The van der Waals surface area contributed by atoms with Crippen LogP contribution in [0.5, 0.6) is 11.5 Å². The van der Waals surface area contributed by atoms with Crippen molar-refractivity contribution in [1.29, 1.82) is 0 Å². The maximum atomic E-state index is 14.5. The molecule has 236 valence electrons. The number of aryl methyl sites for hydroxylation is 1. The van der Waals surface area contributed by atoms with E-state index in [1.807, 2.05) is 0 Å². The number of nitrogens with zero attached hydrogens (tertiary/aromatic N) is 4. The van der Waals surface area contributed by atoms with Crippen LogP contribution >= 0.6 is 0 Å². The molecule has 14 heteroatoms. The Bertz CT molecular complexity index is 2040. The number of hydrogen-bond acceptors (Lipinski definition) is 8. The topological polar surface area (TPSA) is 109 Å². The summed E-state index contributed by atoms with van der Waals surface area (Å²) in [5, 5.41) is 4.06. The van der Waals surface area contributed by atoms with Crippen molar-refractivity contribution in [3.05, 3.63) is 83.4 Å². The molecule has 2 aromatic heterocycles. The number of carbonyl (C=O) groups excluding carboxylic acids is 2. The van der Waals surface area contributed by atoms with Crippen molar-refractivity contribution in [2.45, 2.75) is 45.2 Å². The highest BCUT2D eigenvalue weighted by Crippen LogP contribution is 2.47. The lowest BCUT2D eigenvalue weighted by Gasteiger charge is -2.29. The normalized spacial score (nSPS) is 18.5. The zero-order valence-electron chi connectivity index (χ0n) is 24.5. The van der Waals surface area contributed by atoms with Gasteiger partial charge in [-0.2, -0.15) is 13.2 Å². The van der Waals surface area contributed by atoms with Gasteiger partial charge in [0.15, 0.2) is 11.9 Å². The van der Waals surface area contributed by atoms with E-state index in [1.165, 1.54) is 43.3 Å². The Kier molecular flexibility index (Phi) is 6.76. The van der Waals surface area contributed by atoms with Gasteiger partial charge in [-0.25, -0.2) is 9.37 Å². The fourth-order valence-electron chi connectivity index (χ4n) is 5.98. The Morgan fingerprint density at radius 2 is 1.87 bits per heavy atom. The molecule has 7 rings (SSSR count). The highest BCUT2D eigenvalue weighted by atomic mass is 19.4. The van der Waals surface area contributed by atoms with Crippen molar-refractivity contribution in [3.8, 4) is 28.7 Å². The molecule has 0 spiro atoms. The third kappa shape index (κ3) is 4.80. The number of anilines is 1. The number of hydrogen-bond donors (Lipinski definition) is 0. The maximum absolute atomic E-state index is 14.5. The fraction of sp³-hybridized carbons (Fsp3) is 0.250. The van der Waals surface area contributed by atoms with Crippen molar-refractivity contribution >= 4 is 28.6 Å². The minimum atomic E-state index is -5.23. The largest absolute Gasteiger partial charge is 0.488 e. The highest BCUT2D eigenvalue weighted by molar-refractivity contribution is 5.98. The van der Waals surface area contributed by atoms with Gasteiger partial charge >= 0.3 is 18.1 Å². The number of carbonyl (C=O) groups is 2. The van der Waals surface area contributed by atoms with Crippen LogP contribution in [0.3, 0.4) is 0 Å². The van der Waals surface area contributed by atoms with Crippen molar-refractivity contribution in [2.75, 3.05) is 11.5 Å². The first-order valence-corrected chi connectivity index (χ1v) is 14.2. The second kappa shape index (κ2) is 10.6. The first-order chi connectivity index (χ1) is 21.9. The van der Waals surface area contributed by atoms with E-state index >= 15 is 0 Å². The number of ether oxygens (including phenoxy) is 3. The van der Waals surface area contributed by atoms with E-state index in [0.29, 0.717) is 38.6 Å². The molecule has 0 radical (unpaired) electrons. The Morgan fingerprint density at radius 3 is 2.59 bits per heavy atom. The van der Waals surface area contributed by atoms with Crippen LogP contribution in [0.1, 0.15) is 42.9 Å². The average Bonchev–Trinajstić information content (AvgIpc) is 3.77. The van der Waals surface area contributed by atoms with Crippen LogP contribution in [0.25, 0.3) is 28.2 Å². The van der Waals surface area contributed by atoms with Gasteiger partial charge in [-0.05, 0) is 44.2 Å². The van der Waals surface area contributed by atoms with Gasteiger partial charge in [-0.3, -0.25) is 19.1 Å². The number of alkyl halides is 3. The van der Waals surface area contributed by atoms with Crippen LogP contribution in [0.2, 0.25) is 0 Å². The first kappa shape index (κ1) is 29.3. The van der Waals surface area contributed by atoms with Crippen molar-refractivity contribution in [2.24, 2.45) is 0 Å². The molecule has 4 heterocycles. The molecule has 46 heavy (non-hydrogen) atoms. The second-order valence-corrected chi connectivity index (χ2v) is 11.0. The lowest BCUT2D eigenvalue weighted by Crippen LogP contribution is -2.44. The summed E-state index contributed by atoms with van der Waals surface area (Å²) in [6.07, 6.45) is -6.59. The van der Waals surface area contributed by atoms with E-state index in [2.05, 4.69) is 10.1 Å². The Labute approximate surface area is 258 Å². The Balaban J connectivity index is 1.36. The summed E-state index contributed by atoms with van der Waals surface area (Å²) in [7, 11) is 0. The van der Waals surface area contributed by atoms with Gasteiger partial charge in [-0.1, -0.05) is 17.3 Å². The molecular weight excluding hydrogens is 612 g/mol. The number of benzene rings is 3. The molecule has 5 aromatic rings. The number of rotatable bonds is 5. The number of aromatic nitrogens is 3. The second-order valence-electron chi connectivity index (χ2n) is 11.0. The maximum Gasteiger partial charge on any atom is 0.471 e. The third-order valence-electron chi connectivity index (χ3n) is 7.87. The molecule has 0 bridgehead atoms. The molecule has 1 amide bonds. The Morgan fingerprint density at radius 1 is 1.07 bits per heavy atom. The quantitative estimate of drug-likeness (QED) is 0.158. The summed E-state index contributed by atoms with van der Waals surface area (Å²) in [6.45, 7) is 4.28. The summed E-state index contributed by atoms with van der Waals surface area (Å²) < 4.78 is 80.9. The number of halogens is 4. The summed E-state index contributed by atoms with van der Waals surface area (Å²) >= 11 is 0. The fourth-order valence-corrected chi connectivity index (χ4v) is 5.98. The van der Waals surface area contributed by atoms with Crippen LogP contribution in [0, 0.1) is 12.7 Å². The lowest BCUT2D eigenvalue weighted by atomic mass is 10.0. The SMILES string of the molecule is CC(=O)O[C@H]1c2ccc(N(C(=O)C(F)(F)F)[C@@H]3COc4c3cccc4-n3c(-c4cc(C)on4)nc4ccc(F)cc43)cc2OC1C. The van der Waals surface area contributed by atoms with Gasteiger partial charge in [-0.15, -0.1) is 0 Å². The summed E-state index contributed by atoms with van der Waals surface area (Å²) in [6, 6.07) is 13.4. The van der Waals surface area contributed by atoms with E-state index in [9.17, 15) is 27.2 Å². The van der Waals surface area contributed by atoms with E-state index in [4.69, 9.17) is 18.7 Å². The zero-order valence-corrected chi connectivity index (χ0v) is 24.5. The Hall–Kier alpha value is -5.40. The number of esters is 1. The average molecular weight is 637 g/mol. The molecule has 10 nitrogen and oxygen atoms in total. The van der Waals surface area contributed by atoms with Crippen LogP contribution in [-0.4, -0.2) is 45.5 Å². The van der Waals surface area contributed by atoms with E-state index in [0.717, 1.165) is 0 Å². The van der Waals surface area contributed by atoms with E-state index < -0.39 is 42.1 Å². The number of para-hydroxylation sites is 1. The van der Waals surface area contributed by atoms with Gasteiger partial charge in [0.05, 0.1) is 22.8 Å². The van der Waals surface area contributed by atoms with Crippen molar-refractivity contribution in [1.82, 2.24) is 14.7 Å². The monoisotopic (exact) mass is 636 g/mol. The van der Waals surface area contributed by atoms with Gasteiger partial charge in [0.25, 0.3) is 0 Å². The third-order valence-corrected chi connectivity index (χ3v) is 7.87. The summed E-state index contributed by atoms with van der Waals surface area (Å²) in [5.41, 5.74) is 2.11. The number of imidazole rings is 1. The smallest absolute Gasteiger partial charge is 0.471 e. The van der Waals surface area contributed by atoms with Crippen molar-refractivity contribution < 1.29 is 45.9 Å². The molecule has 2 aliphatic heterocycles. The van der Waals surface area contributed by atoms with E-state index in [1.54, 1.807) is 42.7 Å². The molecule has 2 aliphatic rings. The van der Waals surface area contributed by atoms with Gasteiger partial charge in [0.1, 0.15) is 41.5 Å². The summed E-state index contributed by atoms with van der Waals surface area (Å²) in [5.74, 6) is -2.04. The van der Waals surface area contributed by atoms with Gasteiger partial charge in [0.2, 0.25) is 0 Å². The predicted octanol–water partition coefficient (Wildman–Crippen LogP) is 6.54. The van der Waals surface area contributed by atoms with Crippen LogP contribution < -0.4 is 14.4 Å². The molecule has 3 atom stereocenters. The highest BCUT2D eigenvalue weighted by Gasteiger charge is 2.48. The standard InChI is InChI=1S/C32H24F4N4O6/c1-15-11-23(38-46-15)30-37-22-10-7-18(33)12-25(22)40(30)24-6-4-5-20-26(14-43-29(20)24)39(31(42)32(34,35)36)19-8-9-21-27(13-19)44-16(2)28(21)45-17(3)41/h4-13,16,26,28H,14H2,1-3H3/t16?,26-,28-/m1/s1. The van der Waals surface area contributed by atoms with E-state index in [-0.39, 0.29) is 35.2 Å². The molecule has 0 saturated heterocycles. The zero-order chi connectivity index (χ0) is 32.5. The predicted molar refractivity (Wildman–Crippen MR) is 154 cm³/mol. The van der Waals surface area contributed by atoms with Gasteiger partial charge < -0.3 is 18.7 Å². The van der Waals surface area contributed by atoms with Crippen LogP contribution in [0.4, 0.5) is 23.2 Å². The molecule has 3 aromatic carbocycles. The van der Waals surface area contributed by atoms with Gasteiger partial charge in [0, 0.05) is 41.9 Å². The minimum Gasteiger partial charge on any atom is -0.488 e. The minimum absolute atomic E-state index is 0.0995. The molecule has 1 unspecified atom stereocenters. The van der Waals surface area contributed by atoms with Crippen LogP contribution in [0.15, 0.2) is 65.2 Å². The molecule has 0 fully saturated rings. The van der Waals surface area contributed by atoms with Crippen LogP contribution in [-0.2, 0) is 14.3 Å². The lowest BCUT2D eigenvalue weighted by molar-refractivity contribution is -0.171. The van der Waals surface area contributed by atoms with Crippen molar-refractivity contribution in [3.63, 3.8) is 0 Å². The molecule has 0 N–H and O–H groups in total. The summed E-state index contributed by atoms with van der Waals surface area (Å²) in [4.78, 5) is 29.9. The molecular formula is C32H24F4N4O6. The number of amides is 1.